The predicted molar refractivity (Wildman–Crippen MR) is 91.9 cm³/mol. The summed E-state index contributed by atoms with van der Waals surface area (Å²) in [5.74, 6) is 0.0284. The first kappa shape index (κ1) is 17.4. The Balaban J connectivity index is 1.68. The van der Waals surface area contributed by atoms with E-state index in [9.17, 15) is 13.2 Å². The number of rotatable bonds is 4. The number of likely N-dealkylation sites (tertiary alicyclic amines) is 1. The number of hydrogen-bond donors (Lipinski definition) is 0. The first-order valence-corrected chi connectivity index (χ1v) is 9.98. The Bertz CT molecular complexity index is 682. The SMILES string of the molecule is Cc1ccc(S(=O)(=O)N2CCCN(C(=O)CN3CCCC3)C2)cc1. The molecule has 7 heteroatoms. The molecule has 1 amide bonds. The van der Waals surface area contributed by atoms with Gasteiger partial charge in [0.2, 0.25) is 15.9 Å². The van der Waals surface area contributed by atoms with Crippen LogP contribution >= 0.6 is 0 Å². The third kappa shape index (κ3) is 3.79. The standard InChI is InChI=1S/C17H25N3O3S/c1-15-5-7-16(8-6-15)24(22,23)20-12-4-11-19(14-20)17(21)13-18-9-2-3-10-18/h5-8H,2-4,9-14H2,1H3. The molecule has 1 aromatic carbocycles. The lowest BCUT2D eigenvalue weighted by Crippen LogP contribution is -2.51. The molecule has 0 spiro atoms. The first-order chi connectivity index (χ1) is 11.5. The van der Waals surface area contributed by atoms with Crippen LogP contribution in [0.2, 0.25) is 0 Å². The molecular formula is C17H25N3O3S. The van der Waals surface area contributed by atoms with Crippen molar-refractivity contribution in [1.82, 2.24) is 14.1 Å². The van der Waals surface area contributed by atoms with Crippen molar-refractivity contribution in [3.8, 4) is 0 Å². The van der Waals surface area contributed by atoms with Gasteiger partial charge in [-0.3, -0.25) is 9.69 Å². The maximum absolute atomic E-state index is 12.8. The molecular weight excluding hydrogens is 326 g/mol. The topological polar surface area (TPSA) is 60.9 Å². The summed E-state index contributed by atoms with van der Waals surface area (Å²) in [5.41, 5.74) is 1.02. The fourth-order valence-corrected chi connectivity index (χ4v) is 4.70. The van der Waals surface area contributed by atoms with E-state index in [1.807, 2.05) is 6.92 Å². The van der Waals surface area contributed by atoms with Gasteiger partial charge >= 0.3 is 0 Å². The molecule has 132 valence electrons. The zero-order valence-corrected chi connectivity index (χ0v) is 15.0. The Morgan fingerprint density at radius 1 is 1.00 bits per heavy atom. The van der Waals surface area contributed by atoms with Gasteiger partial charge in [0.25, 0.3) is 0 Å². The van der Waals surface area contributed by atoms with Crippen molar-refractivity contribution in [2.45, 2.75) is 31.1 Å². The van der Waals surface area contributed by atoms with Gasteiger partial charge in [-0.25, -0.2) is 8.42 Å². The van der Waals surface area contributed by atoms with E-state index in [-0.39, 0.29) is 12.6 Å². The minimum absolute atomic E-state index is 0.0284. The van der Waals surface area contributed by atoms with E-state index in [2.05, 4.69) is 4.90 Å². The maximum atomic E-state index is 12.8. The second kappa shape index (κ2) is 7.21. The number of carbonyl (C=O) groups is 1. The van der Waals surface area contributed by atoms with Gasteiger partial charge in [0, 0.05) is 13.1 Å². The molecule has 1 aromatic rings. The lowest BCUT2D eigenvalue weighted by molar-refractivity contribution is -0.134. The number of amides is 1. The van der Waals surface area contributed by atoms with Gasteiger partial charge < -0.3 is 4.90 Å². The second-order valence-electron chi connectivity index (χ2n) is 6.63. The van der Waals surface area contributed by atoms with E-state index >= 15 is 0 Å². The molecule has 0 saturated carbocycles. The molecule has 0 unspecified atom stereocenters. The summed E-state index contributed by atoms with van der Waals surface area (Å²) in [5, 5.41) is 0. The van der Waals surface area contributed by atoms with Crippen LogP contribution in [0.15, 0.2) is 29.2 Å². The molecule has 0 atom stereocenters. The normalized spacial score (nSPS) is 20.5. The largest absolute Gasteiger partial charge is 0.328 e. The molecule has 0 radical (unpaired) electrons. The molecule has 6 nitrogen and oxygen atoms in total. The first-order valence-electron chi connectivity index (χ1n) is 8.54. The van der Waals surface area contributed by atoms with Gasteiger partial charge in [-0.2, -0.15) is 4.31 Å². The van der Waals surface area contributed by atoms with Crippen LogP contribution in [0.25, 0.3) is 0 Å². The Morgan fingerprint density at radius 2 is 1.67 bits per heavy atom. The van der Waals surface area contributed by atoms with Crippen molar-refractivity contribution >= 4 is 15.9 Å². The highest BCUT2D eigenvalue weighted by molar-refractivity contribution is 7.89. The molecule has 24 heavy (non-hydrogen) atoms. The van der Waals surface area contributed by atoms with Gasteiger partial charge in [0.15, 0.2) is 0 Å². The van der Waals surface area contributed by atoms with Crippen LogP contribution in [0.1, 0.15) is 24.8 Å². The molecule has 2 aliphatic heterocycles. The fraction of sp³-hybridized carbons (Fsp3) is 0.588. The molecule has 3 rings (SSSR count). The predicted octanol–water partition coefficient (Wildman–Crippen LogP) is 1.27. The van der Waals surface area contributed by atoms with Crippen molar-refractivity contribution in [3.63, 3.8) is 0 Å². The average molecular weight is 351 g/mol. The Hall–Kier alpha value is -1.44. The number of hydrogen-bond acceptors (Lipinski definition) is 4. The van der Waals surface area contributed by atoms with Crippen molar-refractivity contribution in [3.05, 3.63) is 29.8 Å². The van der Waals surface area contributed by atoms with E-state index in [1.165, 1.54) is 4.31 Å². The fourth-order valence-electron chi connectivity index (χ4n) is 3.26. The number of nitrogens with zero attached hydrogens (tertiary/aromatic N) is 3. The lowest BCUT2D eigenvalue weighted by atomic mass is 10.2. The van der Waals surface area contributed by atoms with Crippen molar-refractivity contribution in [2.24, 2.45) is 0 Å². The lowest BCUT2D eigenvalue weighted by Gasteiger charge is -2.35. The van der Waals surface area contributed by atoms with Crippen LogP contribution in [0.4, 0.5) is 0 Å². The Kier molecular flexibility index (Phi) is 5.22. The Morgan fingerprint density at radius 3 is 2.33 bits per heavy atom. The summed E-state index contributed by atoms with van der Waals surface area (Å²) < 4.78 is 27.0. The van der Waals surface area contributed by atoms with E-state index in [0.717, 1.165) is 31.5 Å². The van der Waals surface area contributed by atoms with E-state index in [4.69, 9.17) is 0 Å². The van der Waals surface area contributed by atoms with Crippen molar-refractivity contribution in [2.75, 3.05) is 39.4 Å². The van der Waals surface area contributed by atoms with E-state index < -0.39 is 10.0 Å². The van der Waals surface area contributed by atoms with Crippen molar-refractivity contribution < 1.29 is 13.2 Å². The third-order valence-electron chi connectivity index (χ3n) is 4.73. The zero-order valence-electron chi connectivity index (χ0n) is 14.1. The highest BCUT2D eigenvalue weighted by atomic mass is 32.2. The van der Waals surface area contributed by atoms with E-state index in [0.29, 0.717) is 31.0 Å². The number of benzene rings is 1. The molecule has 0 N–H and O–H groups in total. The summed E-state index contributed by atoms with van der Waals surface area (Å²) in [7, 11) is -3.55. The van der Waals surface area contributed by atoms with Gasteiger partial charge in [-0.05, 0) is 51.4 Å². The molecule has 2 fully saturated rings. The third-order valence-corrected chi connectivity index (χ3v) is 6.58. The van der Waals surface area contributed by atoms with Gasteiger partial charge in [-0.15, -0.1) is 0 Å². The molecule has 0 aliphatic carbocycles. The summed E-state index contributed by atoms with van der Waals surface area (Å²) in [6.07, 6.45) is 2.96. The summed E-state index contributed by atoms with van der Waals surface area (Å²) >= 11 is 0. The molecule has 0 aromatic heterocycles. The van der Waals surface area contributed by atoms with Crippen molar-refractivity contribution in [1.29, 1.82) is 0 Å². The zero-order chi connectivity index (χ0) is 17.2. The monoisotopic (exact) mass is 351 g/mol. The van der Waals surface area contributed by atoms with E-state index in [1.54, 1.807) is 29.2 Å². The average Bonchev–Trinajstić information content (AvgIpc) is 3.08. The van der Waals surface area contributed by atoms with Crippen LogP contribution in [0.5, 0.6) is 0 Å². The quantitative estimate of drug-likeness (QED) is 0.820. The van der Waals surface area contributed by atoms with Crippen LogP contribution in [0, 0.1) is 6.92 Å². The summed E-state index contributed by atoms with van der Waals surface area (Å²) in [4.78, 5) is 16.6. The maximum Gasteiger partial charge on any atom is 0.244 e. The van der Waals surface area contributed by atoms with Gasteiger partial charge in [0.05, 0.1) is 18.1 Å². The molecule has 0 bridgehead atoms. The number of aryl methyl sites for hydroxylation is 1. The van der Waals surface area contributed by atoms with Gasteiger partial charge in [0.1, 0.15) is 0 Å². The van der Waals surface area contributed by atoms with Crippen LogP contribution in [-0.2, 0) is 14.8 Å². The summed E-state index contributed by atoms with van der Waals surface area (Å²) in [6, 6.07) is 6.87. The molecule has 2 heterocycles. The number of carbonyl (C=O) groups excluding carboxylic acids is 1. The highest BCUT2D eigenvalue weighted by Gasteiger charge is 2.31. The highest BCUT2D eigenvalue weighted by Crippen LogP contribution is 2.20. The Labute approximate surface area is 144 Å². The van der Waals surface area contributed by atoms with Crippen LogP contribution in [-0.4, -0.2) is 67.8 Å². The minimum Gasteiger partial charge on any atom is -0.328 e. The smallest absolute Gasteiger partial charge is 0.244 e. The molecule has 2 aliphatic rings. The number of sulfonamides is 1. The summed E-state index contributed by atoms with van der Waals surface area (Å²) in [6.45, 7) is 5.50. The second-order valence-corrected chi connectivity index (χ2v) is 8.57. The van der Waals surface area contributed by atoms with Crippen LogP contribution in [0.3, 0.4) is 0 Å². The molecule has 2 saturated heterocycles. The minimum atomic E-state index is -3.55. The van der Waals surface area contributed by atoms with Crippen LogP contribution < -0.4 is 0 Å². The van der Waals surface area contributed by atoms with Gasteiger partial charge in [-0.1, -0.05) is 17.7 Å².